The molecule has 3 aromatic carbocycles. The fraction of sp³-hybridized carbons (Fsp3) is 0.103. The third-order valence-electron chi connectivity index (χ3n) is 6.03. The number of aliphatic imine (C=N–C) groups is 1. The summed E-state index contributed by atoms with van der Waals surface area (Å²) in [5.74, 6) is -2.05. The first kappa shape index (κ1) is 30.5. The van der Waals surface area contributed by atoms with Gasteiger partial charge in [0.1, 0.15) is 0 Å². The number of nitrogens with one attached hydrogen (secondary N) is 2. The van der Waals surface area contributed by atoms with Crippen molar-refractivity contribution in [3.05, 3.63) is 112 Å². The Balaban J connectivity index is 1.48. The summed E-state index contributed by atoms with van der Waals surface area (Å²) in [6.07, 6.45) is 1.29. The van der Waals surface area contributed by atoms with Crippen LogP contribution in [0.2, 0.25) is 10.0 Å². The van der Waals surface area contributed by atoms with Gasteiger partial charge in [0, 0.05) is 18.3 Å². The molecule has 1 aromatic heterocycles. The topological polar surface area (TPSA) is 164 Å². The lowest BCUT2D eigenvalue weighted by Gasteiger charge is -2.14. The number of carboxylic acids is 1. The lowest BCUT2D eigenvalue weighted by molar-refractivity contribution is -0.138. The lowest BCUT2D eigenvalue weighted by Crippen LogP contribution is -2.30. The van der Waals surface area contributed by atoms with E-state index in [0.717, 1.165) is 5.56 Å². The molecule has 0 saturated heterocycles. The van der Waals surface area contributed by atoms with Crippen LogP contribution in [0.3, 0.4) is 0 Å². The van der Waals surface area contributed by atoms with Crippen LogP contribution < -0.4 is 16.4 Å². The Labute approximate surface area is 252 Å². The summed E-state index contributed by atoms with van der Waals surface area (Å²) in [5.41, 5.74) is 8.12. The zero-order valence-electron chi connectivity index (χ0n) is 22.1. The summed E-state index contributed by atoms with van der Waals surface area (Å²) in [5, 5.41) is 15.3. The second-order valence-electron chi connectivity index (χ2n) is 9.12. The summed E-state index contributed by atoms with van der Waals surface area (Å²) in [7, 11) is -4.01. The second-order valence-corrected chi connectivity index (χ2v) is 11.8. The maximum atomic E-state index is 13.2. The van der Waals surface area contributed by atoms with Gasteiger partial charge in [0.15, 0.2) is 17.0 Å². The molecule has 4 aromatic rings. The minimum Gasteiger partial charge on any atom is -0.480 e. The largest absolute Gasteiger partial charge is 0.480 e. The number of rotatable bonds is 9. The van der Waals surface area contributed by atoms with E-state index in [2.05, 4.69) is 20.6 Å². The van der Waals surface area contributed by atoms with Gasteiger partial charge in [-0.3, -0.25) is 4.79 Å². The van der Waals surface area contributed by atoms with Crippen LogP contribution in [0.15, 0.2) is 100.0 Å². The number of aliphatic carboxylic acids is 1. The second kappa shape index (κ2) is 13.0. The van der Waals surface area contributed by atoms with E-state index < -0.39 is 27.8 Å². The average molecular weight is 627 g/mol. The summed E-state index contributed by atoms with van der Waals surface area (Å²) >= 11 is 12.2. The molecule has 1 amide bonds. The molecule has 0 bridgehead atoms. The van der Waals surface area contributed by atoms with Crippen molar-refractivity contribution in [1.29, 1.82) is 0 Å². The number of nitrogens with two attached hydrogens (primary N) is 1. The SMILES string of the molecule is Cc1ccc(S(=O)(=O)c2ncccc2NC(N)=N[C@@H](Cc2ccc(NC(=O)c3c(Cl)cccc3Cl)cc2)C(=O)O)cc1. The number of hydrogen-bond acceptors (Lipinski definition) is 6. The maximum Gasteiger partial charge on any atom is 0.328 e. The molecule has 0 saturated carbocycles. The van der Waals surface area contributed by atoms with Crippen molar-refractivity contribution in [1.82, 2.24) is 4.98 Å². The summed E-state index contributed by atoms with van der Waals surface area (Å²) in [6, 6.07) is 19.2. The normalized spacial score (nSPS) is 12.4. The molecule has 0 spiro atoms. The zero-order chi connectivity index (χ0) is 30.4. The van der Waals surface area contributed by atoms with Crippen LogP contribution >= 0.6 is 23.2 Å². The fourth-order valence-electron chi connectivity index (χ4n) is 3.91. The number of aromatic nitrogens is 1. The van der Waals surface area contributed by atoms with Gasteiger partial charge in [0.05, 0.1) is 26.2 Å². The highest BCUT2D eigenvalue weighted by atomic mass is 35.5. The molecule has 1 heterocycles. The number of hydrogen-bond donors (Lipinski definition) is 4. The molecule has 5 N–H and O–H groups in total. The molecule has 42 heavy (non-hydrogen) atoms. The molecule has 0 aliphatic heterocycles. The monoisotopic (exact) mass is 625 g/mol. The Morgan fingerprint density at radius 2 is 1.60 bits per heavy atom. The highest BCUT2D eigenvalue weighted by molar-refractivity contribution is 7.91. The fourth-order valence-corrected chi connectivity index (χ4v) is 5.81. The molecule has 4 rings (SSSR count). The van der Waals surface area contributed by atoms with Crippen molar-refractivity contribution >= 4 is 62.2 Å². The molecule has 10 nitrogen and oxygen atoms in total. The molecule has 0 radical (unpaired) electrons. The quantitative estimate of drug-likeness (QED) is 0.145. The first-order chi connectivity index (χ1) is 20.0. The average Bonchev–Trinajstić information content (AvgIpc) is 2.94. The van der Waals surface area contributed by atoms with Crippen molar-refractivity contribution in [3.8, 4) is 0 Å². The standard InChI is InChI=1S/C29H25Cl2N5O5S/c1-17-7-13-20(14-8-17)42(40,41)27-23(6-3-15-33-27)35-29(32)36-24(28(38)39)16-18-9-11-19(12-10-18)34-26(37)25-21(30)4-2-5-22(25)31/h2-15,24H,16H2,1H3,(H,34,37)(H,38,39)(H3,32,35,36)/t24-/m0/s1. The van der Waals surface area contributed by atoms with Crippen LogP contribution in [-0.2, 0) is 21.1 Å². The Bertz CT molecular complexity index is 1740. The number of anilines is 2. The number of benzene rings is 3. The van der Waals surface area contributed by atoms with Crippen LogP contribution in [0.1, 0.15) is 21.5 Å². The Morgan fingerprint density at radius 3 is 2.21 bits per heavy atom. The van der Waals surface area contributed by atoms with E-state index in [1.807, 2.05) is 6.92 Å². The molecular weight excluding hydrogens is 601 g/mol. The molecule has 1 atom stereocenters. The van der Waals surface area contributed by atoms with Gasteiger partial charge in [-0.1, -0.05) is 59.1 Å². The predicted molar refractivity (Wildman–Crippen MR) is 162 cm³/mol. The van der Waals surface area contributed by atoms with E-state index >= 15 is 0 Å². The summed E-state index contributed by atoms with van der Waals surface area (Å²) in [4.78, 5) is 32.7. The van der Waals surface area contributed by atoms with E-state index in [4.69, 9.17) is 28.9 Å². The van der Waals surface area contributed by atoms with E-state index in [-0.39, 0.29) is 43.6 Å². The maximum absolute atomic E-state index is 13.2. The third-order valence-corrected chi connectivity index (χ3v) is 8.39. The number of carbonyl (C=O) groups excluding carboxylic acids is 1. The number of nitrogens with zero attached hydrogens (tertiary/aromatic N) is 2. The first-order valence-corrected chi connectivity index (χ1v) is 14.6. The van der Waals surface area contributed by atoms with E-state index in [1.165, 1.54) is 30.5 Å². The van der Waals surface area contributed by atoms with E-state index in [9.17, 15) is 23.1 Å². The number of halogens is 2. The van der Waals surface area contributed by atoms with Crippen LogP contribution in [0.4, 0.5) is 11.4 Å². The van der Waals surface area contributed by atoms with Gasteiger partial charge < -0.3 is 21.5 Å². The predicted octanol–water partition coefficient (Wildman–Crippen LogP) is 5.20. The third kappa shape index (κ3) is 7.24. The summed E-state index contributed by atoms with van der Waals surface area (Å²) in [6.45, 7) is 1.84. The van der Waals surface area contributed by atoms with Gasteiger partial charge in [-0.15, -0.1) is 0 Å². The highest BCUT2D eigenvalue weighted by Gasteiger charge is 2.24. The molecule has 0 fully saturated rings. The number of aryl methyl sites for hydroxylation is 1. The first-order valence-electron chi connectivity index (χ1n) is 12.4. The van der Waals surface area contributed by atoms with Crippen LogP contribution in [-0.4, -0.2) is 42.4 Å². The minimum atomic E-state index is -4.01. The number of carboxylic acid groups (broad SMARTS) is 1. The van der Waals surface area contributed by atoms with Crippen molar-refractivity contribution in [2.45, 2.75) is 29.3 Å². The number of pyridine rings is 1. The molecule has 216 valence electrons. The highest BCUT2D eigenvalue weighted by Crippen LogP contribution is 2.27. The number of carbonyl (C=O) groups is 2. The van der Waals surface area contributed by atoms with Gasteiger partial charge in [0.2, 0.25) is 9.84 Å². The van der Waals surface area contributed by atoms with Gasteiger partial charge in [-0.25, -0.2) is 23.2 Å². The Kier molecular flexibility index (Phi) is 9.46. The van der Waals surface area contributed by atoms with Gasteiger partial charge in [-0.05, 0) is 61.0 Å². The Morgan fingerprint density at radius 1 is 0.952 bits per heavy atom. The minimum absolute atomic E-state index is 0.0379. The zero-order valence-corrected chi connectivity index (χ0v) is 24.4. The molecule has 0 unspecified atom stereocenters. The van der Waals surface area contributed by atoms with Gasteiger partial charge in [-0.2, -0.15) is 0 Å². The molecular formula is C29H25Cl2N5O5S. The Hall–Kier alpha value is -4.45. The lowest BCUT2D eigenvalue weighted by atomic mass is 10.1. The van der Waals surface area contributed by atoms with Crippen LogP contribution in [0.5, 0.6) is 0 Å². The number of sulfone groups is 1. The molecule has 0 aliphatic rings. The van der Waals surface area contributed by atoms with E-state index in [0.29, 0.717) is 11.3 Å². The number of guanidine groups is 1. The van der Waals surface area contributed by atoms with Gasteiger partial charge in [0.25, 0.3) is 5.91 Å². The van der Waals surface area contributed by atoms with Crippen LogP contribution in [0.25, 0.3) is 0 Å². The van der Waals surface area contributed by atoms with Crippen molar-refractivity contribution in [2.75, 3.05) is 10.6 Å². The van der Waals surface area contributed by atoms with Crippen molar-refractivity contribution in [3.63, 3.8) is 0 Å². The molecule has 13 heteroatoms. The number of amides is 1. The molecule has 0 aliphatic carbocycles. The van der Waals surface area contributed by atoms with Crippen LogP contribution in [0, 0.1) is 6.92 Å². The summed E-state index contributed by atoms with van der Waals surface area (Å²) < 4.78 is 26.4. The van der Waals surface area contributed by atoms with Gasteiger partial charge >= 0.3 is 5.97 Å². The van der Waals surface area contributed by atoms with Crippen molar-refractivity contribution in [2.24, 2.45) is 10.7 Å². The smallest absolute Gasteiger partial charge is 0.328 e. The van der Waals surface area contributed by atoms with Crippen molar-refractivity contribution < 1.29 is 23.1 Å². The van der Waals surface area contributed by atoms with E-state index in [1.54, 1.807) is 54.6 Å².